The fourth-order valence-corrected chi connectivity index (χ4v) is 3.15. The van der Waals surface area contributed by atoms with Gasteiger partial charge in [-0.3, -0.25) is 4.79 Å². The van der Waals surface area contributed by atoms with E-state index < -0.39 is 0 Å². The lowest BCUT2D eigenvalue weighted by Gasteiger charge is -2.25. The number of hydrogen-bond acceptors (Lipinski definition) is 2. The van der Waals surface area contributed by atoms with Crippen LogP contribution in [0.3, 0.4) is 0 Å². The highest BCUT2D eigenvalue weighted by atomic mass is 16.2. The maximum absolute atomic E-state index is 12.0. The van der Waals surface area contributed by atoms with Crippen LogP contribution in [0.2, 0.25) is 0 Å². The molecule has 0 spiro atoms. The SMILES string of the molecule is CC1(C(=O)NCCC2CCCCC2)CCCN1. The molecular weight excluding hydrogens is 212 g/mol. The molecule has 3 heteroatoms. The number of hydrogen-bond donors (Lipinski definition) is 2. The number of carbonyl (C=O) groups excluding carboxylic acids is 1. The Bertz CT molecular complexity index is 253. The van der Waals surface area contributed by atoms with Crippen LogP contribution in [0.4, 0.5) is 0 Å². The van der Waals surface area contributed by atoms with Crippen molar-refractivity contribution in [2.45, 2.75) is 63.8 Å². The zero-order valence-corrected chi connectivity index (χ0v) is 11.1. The van der Waals surface area contributed by atoms with Crippen LogP contribution in [-0.2, 0) is 4.79 Å². The average molecular weight is 238 g/mol. The Hall–Kier alpha value is -0.570. The first-order valence-corrected chi connectivity index (χ1v) is 7.24. The van der Waals surface area contributed by atoms with Crippen LogP contribution in [0.1, 0.15) is 58.3 Å². The van der Waals surface area contributed by atoms with Crippen LogP contribution >= 0.6 is 0 Å². The zero-order chi connectivity index (χ0) is 12.1. The van der Waals surface area contributed by atoms with Gasteiger partial charge < -0.3 is 10.6 Å². The van der Waals surface area contributed by atoms with Crippen molar-refractivity contribution in [3.05, 3.63) is 0 Å². The topological polar surface area (TPSA) is 41.1 Å². The first-order chi connectivity index (χ1) is 8.21. The first kappa shape index (κ1) is 12.9. The van der Waals surface area contributed by atoms with Gasteiger partial charge in [0.1, 0.15) is 0 Å². The van der Waals surface area contributed by atoms with Gasteiger partial charge in [0.15, 0.2) is 0 Å². The molecule has 1 atom stereocenters. The fourth-order valence-electron chi connectivity index (χ4n) is 3.15. The molecule has 1 heterocycles. The normalized spacial score (nSPS) is 30.4. The van der Waals surface area contributed by atoms with Crippen molar-refractivity contribution >= 4 is 5.91 Å². The van der Waals surface area contributed by atoms with E-state index in [0.717, 1.165) is 31.8 Å². The van der Waals surface area contributed by atoms with Crippen molar-refractivity contribution in [3.8, 4) is 0 Å². The molecule has 2 aliphatic rings. The fraction of sp³-hybridized carbons (Fsp3) is 0.929. The van der Waals surface area contributed by atoms with Crippen LogP contribution in [0, 0.1) is 5.92 Å². The number of rotatable bonds is 4. The summed E-state index contributed by atoms with van der Waals surface area (Å²) >= 11 is 0. The molecule has 0 radical (unpaired) electrons. The molecule has 17 heavy (non-hydrogen) atoms. The van der Waals surface area contributed by atoms with Gasteiger partial charge in [-0.2, -0.15) is 0 Å². The quantitative estimate of drug-likeness (QED) is 0.788. The van der Waals surface area contributed by atoms with Crippen LogP contribution in [0.15, 0.2) is 0 Å². The van der Waals surface area contributed by atoms with Crippen LogP contribution < -0.4 is 10.6 Å². The molecule has 1 amide bonds. The molecule has 1 unspecified atom stereocenters. The lowest BCUT2D eigenvalue weighted by Crippen LogP contribution is -2.51. The van der Waals surface area contributed by atoms with Crippen LogP contribution in [0.25, 0.3) is 0 Å². The number of nitrogens with one attached hydrogen (secondary N) is 2. The lowest BCUT2D eigenvalue weighted by molar-refractivity contribution is -0.126. The van der Waals surface area contributed by atoms with E-state index in [4.69, 9.17) is 0 Å². The largest absolute Gasteiger partial charge is 0.354 e. The Morgan fingerprint density at radius 2 is 2.06 bits per heavy atom. The van der Waals surface area contributed by atoms with Crippen molar-refractivity contribution in [1.29, 1.82) is 0 Å². The van der Waals surface area contributed by atoms with Crippen molar-refractivity contribution in [1.82, 2.24) is 10.6 Å². The van der Waals surface area contributed by atoms with E-state index in [1.165, 1.54) is 38.5 Å². The van der Waals surface area contributed by atoms with Gasteiger partial charge in [0, 0.05) is 6.54 Å². The Balaban J connectivity index is 1.65. The summed E-state index contributed by atoms with van der Waals surface area (Å²) in [6.07, 6.45) is 10.2. The van der Waals surface area contributed by atoms with Gasteiger partial charge in [0.05, 0.1) is 5.54 Å². The zero-order valence-electron chi connectivity index (χ0n) is 11.1. The smallest absolute Gasteiger partial charge is 0.240 e. The summed E-state index contributed by atoms with van der Waals surface area (Å²) in [4.78, 5) is 12.0. The minimum Gasteiger partial charge on any atom is -0.354 e. The Labute approximate surface area is 105 Å². The Morgan fingerprint density at radius 3 is 2.71 bits per heavy atom. The molecule has 2 N–H and O–H groups in total. The average Bonchev–Trinajstić information content (AvgIpc) is 2.79. The third kappa shape index (κ3) is 3.44. The first-order valence-electron chi connectivity index (χ1n) is 7.24. The van der Waals surface area contributed by atoms with Gasteiger partial charge in [-0.05, 0) is 38.6 Å². The van der Waals surface area contributed by atoms with Crippen molar-refractivity contribution in [2.75, 3.05) is 13.1 Å². The van der Waals surface area contributed by atoms with E-state index in [2.05, 4.69) is 10.6 Å². The molecule has 0 aromatic heterocycles. The van der Waals surface area contributed by atoms with E-state index >= 15 is 0 Å². The van der Waals surface area contributed by atoms with Crippen molar-refractivity contribution < 1.29 is 4.79 Å². The van der Waals surface area contributed by atoms with Crippen LogP contribution in [-0.4, -0.2) is 24.5 Å². The summed E-state index contributed by atoms with van der Waals surface area (Å²) in [6.45, 7) is 3.86. The highest BCUT2D eigenvalue weighted by Gasteiger charge is 2.35. The molecule has 1 aliphatic heterocycles. The molecule has 0 bridgehead atoms. The Kier molecular flexibility index (Phi) is 4.43. The highest BCUT2D eigenvalue weighted by Crippen LogP contribution is 2.26. The number of amides is 1. The van der Waals surface area contributed by atoms with Gasteiger partial charge >= 0.3 is 0 Å². The van der Waals surface area contributed by atoms with Crippen LogP contribution in [0.5, 0.6) is 0 Å². The molecular formula is C14H26N2O. The Morgan fingerprint density at radius 1 is 1.29 bits per heavy atom. The van der Waals surface area contributed by atoms with Gasteiger partial charge in [-0.1, -0.05) is 32.1 Å². The summed E-state index contributed by atoms with van der Waals surface area (Å²) in [5.74, 6) is 1.05. The summed E-state index contributed by atoms with van der Waals surface area (Å²) in [5.41, 5.74) is -0.299. The molecule has 2 rings (SSSR count). The minimum atomic E-state index is -0.299. The molecule has 1 saturated heterocycles. The van der Waals surface area contributed by atoms with Gasteiger partial charge in [-0.15, -0.1) is 0 Å². The molecule has 98 valence electrons. The third-order valence-corrected chi connectivity index (χ3v) is 4.43. The van der Waals surface area contributed by atoms with E-state index in [9.17, 15) is 4.79 Å². The van der Waals surface area contributed by atoms with E-state index in [1.807, 2.05) is 6.92 Å². The molecule has 0 aromatic carbocycles. The second kappa shape index (κ2) is 5.85. The third-order valence-electron chi connectivity index (χ3n) is 4.43. The van der Waals surface area contributed by atoms with Gasteiger partial charge in [0.2, 0.25) is 5.91 Å². The van der Waals surface area contributed by atoms with E-state index in [-0.39, 0.29) is 11.4 Å². The molecule has 1 saturated carbocycles. The minimum absolute atomic E-state index is 0.200. The monoisotopic (exact) mass is 238 g/mol. The molecule has 3 nitrogen and oxygen atoms in total. The summed E-state index contributed by atoms with van der Waals surface area (Å²) < 4.78 is 0. The van der Waals surface area contributed by atoms with Gasteiger partial charge in [-0.25, -0.2) is 0 Å². The van der Waals surface area contributed by atoms with E-state index in [0.29, 0.717) is 0 Å². The molecule has 1 aliphatic carbocycles. The lowest BCUT2D eigenvalue weighted by atomic mass is 9.87. The molecule has 2 fully saturated rings. The molecule has 0 aromatic rings. The van der Waals surface area contributed by atoms with E-state index in [1.54, 1.807) is 0 Å². The maximum Gasteiger partial charge on any atom is 0.240 e. The van der Waals surface area contributed by atoms with Crippen molar-refractivity contribution in [2.24, 2.45) is 5.92 Å². The predicted octanol–water partition coefficient (Wildman–Crippen LogP) is 2.22. The maximum atomic E-state index is 12.0. The summed E-state index contributed by atoms with van der Waals surface area (Å²) in [7, 11) is 0. The number of carbonyl (C=O) groups is 1. The summed E-state index contributed by atoms with van der Waals surface area (Å²) in [5, 5.41) is 6.42. The second-order valence-corrected chi connectivity index (χ2v) is 5.91. The highest BCUT2D eigenvalue weighted by molar-refractivity contribution is 5.86. The van der Waals surface area contributed by atoms with Crippen molar-refractivity contribution in [3.63, 3.8) is 0 Å². The summed E-state index contributed by atoms with van der Waals surface area (Å²) in [6, 6.07) is 0. The van der Waals surface area contributed by atoms with Gasteiger partial charge in [0.25, 0.3) is 0 Å². The standard InChI is InChI=1S/C14H26N2O/c1-14(9-5-10-16-14)13(17)15-11-8-12-6-3-2-4-7-12/h12,16H,2-11H2,1H3,(H,15,17). The second-order valence-electron chi connectivity index (χ2n) is 5.91. The predicted molar refractivity (Wildman–Crippen MR) is 69.8 cm³/mol.